The van der Waals surface area contributed by atoms with Crippen molar-refractivity contribution in [3.8, 4) is 17.2 Å². The Kier molecular flexibility index (Phi) is 4.63. The van der Waals surface area contributed by atoms with Crippen LogP contribution in [-0.4, -0.2) is 33.2 Å². The Hall–Kier alpha value is -2.50. The zero-order valence-corrected chi connectivity index (χ0v) is 14.2. The molecule has 2 rings (SSSR count). The molecule has 1 aromatic rings. The lowest BCUT2D eigenvalue weighted by Crippen LogP contribution is -2.21. The normalized spacial score (nSPS) is 16.2. The maximum atomic E-state index is 12.0. The van der Waals surface area contributed by atoms with Crippen LogP contribution < -0.4 is 14.2 Å². The third-order valence-electron chi connectivity index (χ3n) is 3.29. The van der Waals surface area contributed by atoms with Crippen LogP contribution in [0, 0.1) is 5.41 Å². The van der Waals surface area contributed by atoms with Crippen LogP contribution in [0.15, 0.2) is 22.8 Å². The molecule has 0 bridgehead atoms. The fraction of sp³-hybridized carbons (Fsp3) is 0.412. The summed E-state index contributed by atoms with van der Waals surface area (Å²) in [5.41, 5.74) is 0.531. The van der Waals surface area contributed by atoms with Gasteiger partial charge in [0.2, 0.25) is 11.6 Å². The van der Waals surface area contributed by atoms with Gasteiger partial charge in [-0.1, -0.05) is 20.8 Å². The number of cyclic esters (lactones) is 1. The van der Waals surface area contributed by atoms with Gasteiger partial charge in [0.05, 0.1) is 21.3 Å². The van der Waals surface area contributed by atoms with Crippen molar-refractivity contribution in [2.75, 3.05) is 21.3 Å². The van der Waals surface area contributed by atoms with E-state index in [-0.39, 0.29) is 11.1 Å². The van der Waals surface area contributed by atoms with E-state index in [4.69, 9.17) is 18.9 Å². The SMILES string of the molecule is COc1ccc(C=C2N=C(C(C)(C)C)OC2=O)c(OC)c1OC. The summed E-state index contributed by atoms with van der Waals surface area (Å²) in [6.45, 7) is 5.79. The molecule has 0 N–H and O–H groups in total. The summed E-state index contributed by atoms with van der Waals surface area (Å²) in [4.78, 5) is 16.3. The van der Waals surface area contributed by atoms with Crippen LogP contribution >= 0.6 is 0 Å². The summed E-state index contributed by atoms with van der Waals surface area (Å²) in [7, 11) is 4.59. The molecule has 124 valence electrons. The Morgan fingerprint density at radius 1 is 1.04 bits per heavy atom. The van der Waals surface area contributed by atoms with Gasteiger partial charge < -0.3 is 18.9 Å². The lowest BCUT2D eigenvalue weighted by atomic mass is 9.97. The molecular weight excluding hydrogens is 298 g/mol. The number of carbonyl (C=O) groups excluding carboxylic acids is 1. The van der Waals surface area contributed by atoms with Crippen LogP contribution in [0.3, 0.4) is 0 Å². The van der Waals surface area contributed by atoms with Crippen molar-refractivity contribution < 1.29 is 23.7 Å². The second kappa shape index (κ2) is 6.32. The number of rotatable bonds is 4. The van der Waals surface area contributed by atoms with Crippen LogP contribution in [-0.2, 0) is 9.53 Å². The second-order valence-electron chi connectivity index (χ2n) is 6.01. The molecule has 1 aliphatic heterocycles. The van der Waals surface area contributed by atoms with E-state index in [1.807, 2.05) is 20.8 Å². The zero-order valence-electron chi connectivity index (χ0n) is 14.2. The van der Waals surface area contributed by atoms with Crippen molar-refractivity contribution >= 4 is 17.9 Å². The van der Waals surface area contributed by atoms with Crippen LogP contribution in [0.25, 0.3) is 6.08 Å². The van der Waals surface area contributed by atoms with Crippen molar-refractivity contribution in [2.45, 2.75) is 20.8 Å². The third kappa shape index (κ3) is 3.31. The number of hydrogen-bond donors (Lipinski definition) is 0. The number of aliphatic imine (C=N–C) groups is 1. The molecule has 1 aromatic carbocycles. The van der Waals surface area contributed by atoms with E-state index in [2.05, 4.69) is 4.99 Å². The zero-order chi connectivity index (χ0) is 17.2. The highest BCUT2D eigenvalue weighted by Gasteiger charge is 2.31. The topological polar surface area (TPSA) is 66.4 Å². The van der Waals surface area contributed by atoms with Crippen molar-refractivity contribution in [1.82, 2.24) is 0 Å². The quantitative estimate of drug-likeness (QED) is 0.630. The fourth-order valence-corrected chi connectivity index (χ4v) is 2.12. The summed E-state index contributed by atoms with van der Waals surface area (Å²) in [6.07, 6.45) is 1.61. The molecule has 0 fully saturated rings. The van der Waals surface area contributed by atoms with Crippen LogP contribution in [0.5, 0.6) is 17.2 Å². The summed E-state index contributed by atoms with van der Waals surface area (Å²) in [6, 6.07) is 3.51. The first kappa shape index (κ1) is 16.9. The predicted octanol–water partition coefficient (Wildman–Crippen LogP) is 3.05. The van der Waals surface area contributed by atoms with Gasteiger partial charge >= 0.3 is 5.97 Å². The molecule has 0 aromatic heterocycles. The molecular formula is C17H21NO5. The lowest BCUT2D eigenvalue weighted by molar-refractivity contribution is -0.130. The van der Waals surface area contributed by atoms with Crippen LogP contribution in [0.4, 0.5) is 0 Å². The molecule has 6 nitrogen and oxygen atoms in total. The van der Waals surface area contributed by atoms with Gasteiger partial charge in [0.15, 0.2) is 17.2 Å². The average molecular weight is 319 g/mol. The minimum atomic E-state index is -0.480. The van der Waals surface area contributed by atoms with E-state index in [0.717, 1.165) is 0 Å². The maximum Gasteiger partial charge on any atom is 0.363 e. The van der Waals surface area contributed by atoms with Gasteiger partial charge in [-0.2, -0.15) is 0 Å². The highest BCUT2D eigenvalue weighted by Crippen LogP contribution is 2.41. The van der Waals surface area contributed by atoms with Gasteiger partial charge in [-0.05, 0) is 18.2 Å². The van der Waals surface area contributed by atoms with Gasteiger partial charge in [0, 0.05) is 11.0 Å². The molecule has 1 heterocycles. The summed E-state index contributed by atoms with van der Waals surface area (Å²) in [5.74, 6) is 1.38. The van der Waals surface area contributed by atoms with Gasteiger partial charge in [-0.15, -0.1) is 0 Å². The van der Waals surface area contributed by atoms with E-state index in [0.29, 0.717) is 28.7 Å². The standard InChI is InChI=1S/C17H21NO5/c1-17(2,3)16-18-11(15(19)23-16)9-10-7-8-12(20-4)14(22-6)13(10)21-5/h7-9H,1-6H3. The summed E-state index contributed by atoms with van der Waals surface area (Å²) in [5, 5.41) is 0. The van der Waals surface area contributed by atoms with E-state index in [9.17, 15) is 4.79 Å². The van der Waals surface area contributed by atoms with E-state index in [1.165, 1.54) is 14.2 Å². The van der Waals surface area contributed by atoms with Gasteiger partial charge in [-0.3, -0.25) is 0 Å². The van der Waals surface area contributed by atoms with E-state index < -0.39 is 5.97 Å². The van der Waals surface area contributed by atoms with Gasteiger partial charge in [0.25, 0.3) is 0 Å². The second-order valence-corrected chi connectivity index (χ2v) is 6.01. The first-order valence-corrected chi connectivity index (χ1v) is 7.13. The number of methoxy groups -OCH3 is 3. The van der Waals surface area contributed by atoms with Gasteiger partial charge in [-0.25, -0.2) is 9.79 Å². The lowest BCUT2D eigenvalue weighted by Gasteiger charge is -2.15. The number of carbonyl (C=O) groups is 1. The Labute approximate surface area is 135 Å². The first-order valence-electron chi connectivity index (χ1n) is 7.13. The molecule has 0 saturated carbocycles. The van der Waals surface area contributed by atoms with E-state index >= 15 is 0 Å². The minimum Gasteiger partial charge on any atom is -0.493 e. The van der Waals surface area contributed by atoms with Gasteiger partial charge in [0.1, 0.15) is 0 Å². The Morgan fingerprint density at radius 3 is 2.17 bits per heavy atom. The largest absolute Gasteiger partial charge is 0.493 e. The summed E-state index contributed by atoms with van der Waals surface area (Å²) < 4.78 is 21.2. The number of benzene rings is 1. The molecule has 1 aliphatic rings. The molecule has 0 radical (unpaired) electrons. The minimum absolute atomic E-state index is 0.223. The molecule has 0 unspecified atom stereocenters. The van der Waals surface area contributed by atoms with Crippen molar-refractivity contribution in [2.24, 2.45) is 10.4 Å². The smallest absolute Gasteiger partial charge is 0.363 e. The highest BCUT2D eigenvalue weighted by atomic mass is 16.6. The van der Waals surface area contributed by atoms with Crippen molar-refractivity contribution in [1.29, 1.82) is 0 Å². The predicted molar refractivity (Wildman–Crippen MR) is 87.1 cm³/mol. The third-order valence-corrected chi connectivity index (χ3v) is 3.29. The molecule has 0 atom stereocenters. The number of esters is 1. The Morgan fingerprint density at radius 2 is 1.70 bits per heavy atom. The first-order chi connectivity index (χ1) is 10.8. The Bertz CT molecular complexity index is 683. The van der Waals surface area contributed by atoms with Crippen molar-refractivity contribution in [3.05, 3.63) is 23.4 Å². The molecule has 0 spiro atoms. The average Bonchev–Trinajstić information content (AvgIpc) is 2.87. The monoisotopic (exact) mass is 319 g/mol. The summed E-state index contributed by atoms with van der Waals surface area (Å²) >= 11 is 0. The number of hydrogen-bond acceptors (Lipinski definition) is 6. The maximum absolute atomic E-state index is 12.0. The molecule has 23 heavy (non-hydrogen) atoms. The van der Waals surface area contributed by atoms with Crippen molar-refractivity contribution in [3.63, 3.8) is 0 Å². The molecule has 0 saturated heterocycles. The fourth-order valence-electron chi connectivity index (χ4n) is 2.12. The molecule has 6 heteroatoms. The number of ether oxygens (including phenoxy) is 4. The Balaban J connectivity index is 2.51. The number of nitrogens with zero attached hydrogens (tertiary/aromatic N) is 1. The highest BCUT2D eigenvalue weighted by molar-refractivity contribution is 6.08. The molecule has 0 amide bonds. The van der Waals surface area contributed by atoms with Crippen LogP contribution in [0.2, 0.25) is 0 Å². The van der Waals surface area contributed by atoms with Crippen LogP contribution in [0.1, 0.15) is 26.3 Å². The van der Waals surface area contributed by atoms with E-state index in [1.54, 1.807) is 25.3 Å². The molecule has 0 aliphatic carbocycles.